The summed E-state index contributed by atoms with van der Waals surface area (Å²) in [4.78, 5) is 0.0616. The van der Waals surface area contributed by atoms with Crippen LogP contribution in [-0.4, -0.2) is 43.6 Å². The fourth-order valence-electron chi connectivity index (χ4n) is 4.65. The van der Waals surface area contributed by atoms with Crippen molar-refractivity contribution in [3.8, 4) is 5.75 Å². The van der Waals surface area contributed by atoms with Gasteiger partial charge < -0.3 is 18.9 Å². The Morgan fingerprint density at radius 3 is 1.76 bits per heavy atom. The highest BCUT2D eigenvalue weighted by Crippen LogP contribution is 2.34. The maximum Gasteiger partial charge on any atom is 0.297 e. The highest BCUT2D eigenvalue weighted by molar-refractivity contribution is 14.1. The summed E-state index contributed by atoms with van der Waals surface area (Å²) >= 11 is 2.17. The molecule has 1 saturated heterocycles. The average molecular weight is 701 g/mol. The molecule has 1 heterocycles. The van der Waals surface area contributed by atoms with Crippen molar-refractivity contribution in [2.24, 2.45) is 0 Å². The molecule has 0 aromatic heterocycles. The second-order valence-corrected chi connectivity index (χ2v) is 12.4. The molecule has 0 spiro atoms. The Kier molecular flexibility index (Phi) is 10.6. The Hall–Kier alpha value is -2.80. The SMILES string of the molecule is Cc1ccc(S(=O)(=O)O[C@H]2[C@H](OCc3ccccc3)[C@@H](OCc3ccccc3)[C@H](Oc3ccccc3)O[C@@H]2CI)cc1. The molecule has 1 aliphatic heterocycles. The van der Waals surface area contributed by atoms with Crippen LogP contribution in [0.2, 0.25) is 0 Å². The number of rotatable bonds is 12. The fourth-order valence-corrected chi connectivity index (χ4v) is 6.47. The number of ether oxygens (including phenoxy) is 4. The van der Waals surface area contributed by atoms with Crippen LogP contribution in [0, 0.1) is 6.92 Å². The van der Waals surface area contributed by atoms with E-state index >= 15 is 0 Å². The van der Waals surface area contributed by atoms with Crippen LogP contribution in [0.3, 0.4) is 0 Å². The molecule has 42 heavy (non-hydrogen) atoms. The summed E-state index contributed by atoms with van der Waals surface area (Å²) in [5, 5.41) is 0. The topological polar surface area (TPSA) is 80.3 Å². The number of para-hydroxylation sites is 1. The minimum absolute atomic E-state index is 0.0616. The summed E-state index contributed by atoms with van der Waals surface area (Å²) in [6.45, 7) is 2.35. The van der Waals surface area contributed by atoms with Crippen LogP contribution in [0.25, 0.3) is 0 Å². The molecule has 9 heteroatoms. The van der Waals surface area contributed by atoms with E-state index in [2.05, 4.69) is 22.6 Å². The van der Waals surface area contributed by atoms with Crippen LogP contribution in [0.15, 0.2) is 120 Å². The van der Waals surface area contributed by atoms with E-state index in [1.807, 2.05) is 97.9 Å². The Morgan fingerprint density at radius 2 is 1.21 bits per heavy atom. The van der Waals surface area contributed by atoms with Crippen molar-refractivity contribution in [1.82, 2.24) is 0 Å². The van der Waals surface area contributed by atoms with Gasteiger partial charge in [0.15, 0.2) is 0 Å². The van der Waals surface area contributed by atoms with E-state index in [0.717, 1.165) is 16.7 Å². The molecule has 5 atom stereocenters. The largest absolute Gasteiger partial charge is 0.462 e. The van der Waals surface area contributed by atoms with E-state index in [1.165, 1.54) is 12.1 Å². The van der Waals surface area contributed by atoms with Gasteiger partial charge in [-0.2, -0.15) is 8.42 Å². The average Bonchev–Trinajstić information content (AvgIpc) is 3.01. The Morgan fingerprint density at radius 1 is 0.690 bits per heavy atom. The lowest BCUT2D eigenvalue weighted by Crippen LogP contribution is -2.62. The molecule has 5 rings (SSSR count). The van der Waals surface area contributed by atoms with Crippen LogP contribution in [0.5, 0.6) is 5.75 Å². The molecule has 1 aliphatic rings. The number of benzene rings is 4. The van der Waals surface area contributed by atoms with Crippen LogP contribution in [0.4, 0.5) is 0 Å². The predicted octanol–water partition coefficient (Wildman–Crippen LogP) is 6.48. The quantitative estimate of drug-likeness (QED) is 0.0952. The summed E-state index contributed by atoms with van der Waals surface area (Å²) < 4.78 is 59.2. The molecule has 0 unspecified atom stereocenters. The minimum atomic E-state index is -4.16. The summed E-state index contributed by atoms with van der Waals surface area (Å²) in [7, 11) is -4.16. The lowest BCUT2D eigenvalue weighted by Gasteiger charge is -2.45. The maximum atomic E-state index is 13.5. The first-order valence-corrected chi connectivity index (χ1v) is 16.6. The zero-order valence-electron chi connectivity index (χ0n) is 23.1. The van der Waals surface area contributed by atoms with Gasteiger partial charge in [-0.3, -0.25) is 4.18 Å². The monoisotopic (exact) mass is 700 g/mol. The number of halogens is 1. The first-order chi connectivity index (χ1) is 20.4. The third-order valence-electron chi connectivity index (χ3n) is 6.86. The van der Waals surface area contributed by atoms with Crippen LogP contribution < -0.4 is 4.74 Å². The summed E-state index contributed by atoms with van der Waals surface area (Å²) in [5.74, 6) is 0.594. The molecule has 7 nitrogen and oxygen atoms in total. The first kappa shape index (κ1) is 30.7. The van der Waals surface area contributed by atoms with Gasteiger partial charge in [0.1, 0.15) is 30.2 Å². The molecule has 220 valence electrons. The molecular formula is C33H33IO7S. The number of alkyl halides is 1. The van der Waals surface area contributed by atoms with Crippen molar-refractivity contribution in [1.29, 1.82) is 0 Å². The minimum Gasteiger partial charge on any atom is -0.462 e. The van der Waals surface area contributed by atoms with Gasteiger partial charge in [-0.25, -0.2) is 0 Å². The third kappa shape index (κ3) is 7.97. The van der Waals surface area contributed by atoms with Crippen molar-refractivity contribution in [2.45, 2.75) is 55.7 Å². The van der Waals surface area contributed by atoms with Gasteiger partial charge in [-0.1, -0.05) is 119 Å². The molecule has 0 N–H and O–H groups in total. The molecule has 0 aliphatic carbocycles. The second-order valence-electron chi connectivity index (χ2n) is 9.98. The number of hydrogen-bond acceptors (Lipinski definition) is 7. The van der Waals surface area contributed by atoms with Gasteiger partial charge in [0, 0.05) is 4.43 Å². The Bertz CT molecular complexity index is 1490. The van der Waals surface area contributed by atoms with E-state index in [9.17, 15) is 8.42 Å². The van der Waals surface area contributed by atoms with Crippen molar-refractivity contribution >= 4 is 32.7 Å². The highest BCUT2D eigenvalue weighted by Gasteiger charge is 2.51. The van der Waals surface area contributed by atoms with Gasteiger partial charge in [-0.15, -0.1) is 0 Å². The van der Waals surface area contributed by atoms with Crippen molar-refractivity contribution in [2.75, 3.05) is 4.43 Å². The van der Waals surface area contributed by atoms with Crippen molar-refractivity contribution in [3.63, 3.8) is 0 Å². The molecule has 0 radical (unpaired) electrons. The van der Waals surface area contributed by atoms with Crippen LogP contribution in [0.1, 0.15) is 16.7 Å². The van der Waals surface area contributed by atoms with Crippen molar-refractivity contribution < 1.29 is 31.5 Å². The van der Waals surface area contributed by atoms with E-state index in [0.29, 0.717) is 10.2 Å². The van der Waals surface area contributed by atoms with Gasteiger partial charge in [-0.05, 0) is 42.3 Å². The molecular weight excluding hydrogens is 667 g/mol. The molecule has 4 aromatic rings. The van der Waals surface area contributed by atoms with E-state index < -0.39 is 40.8 Å². The summed E-state index contributed by atoms with van der Waals surface area (Å²) in [5.41, 5.74) is 2.82. The summed E-state index contributed by atoms with van der Waals surface area (Å²) in [6.07, 6.45) is -4.24. The zero-order valence-corrected chi connectivity index (χ0v) is 26.1. The predicted molar refractivity (Wildman–Crippen MR) is 168 cm³/mol. The number of aryl methyl sites for hydroxylation is 1. The van der Waals surface area contributed by atoms with Crippen LogP contribution in [-0.2, 0) is 41.7 Å². The Balaban J connectivity index is 1.50. The first-order valence-electron chi connectivity index (χ1n) is 13.7. The van der Waals surface area contributed by atoms with E-state index in [1.54, 1.807) is 12.1 Å². The molecule has 0 bridgehead atoms. The third-order valence-corrected chi connectivity index (χ3v) is 9.05. The van der Waals surface area contributed by atoms with Gasteiger partial charge in [0.25, 0.3) is 10.1 Å². The lowest BCUT2D eigenvalue weighted by atomic mass is 9.99. The smallest absolute Gasteiger partial charge is 0.297 e. The standard InChI is InChI=1S/C33H33IO7S/c1-24-17-19-28(20-18-24)42(35,36)41-30-29(21-34)40-33(39-27-15-9-4-10-16-27)32(38-23-26-13-7-3-8-14-26)31(30)37-22-25-11-5-2-6-12-25/h2-20,29-33H,21-23H2,1H3/t29-,30-,31+,32-,33-/m1/s1. The Labute approximate surface area is 261 Å². The van der Waals surface area contributed by atoms with Gasteiger partial charge in [0.2, 0.25) is 6.29 Å². The van der Waals surface area contributed by atoms with Gasteiger partial charge in [0.05, 0.1) is 18.1 Å². The molecule has 4 aromatic carbocycles. The van der Waals surface area contributed by atoms with Crippen LogP contribution >= 0.6 is 22.6 Å². The summed E-state index contributed by atoms with van der Waals surface area (Å²) in [6, 6.07) is 35.3. The fraction of sp³-hybridized carbons (Fsp3) is 0.273. The molecule has 0 saturated carbocycles. The highest BCUT2D eigenvalue weighted by atomic mass is 127. The molecule has 1 fully saturated rings. The number of hydrogen-bond donors (Lipinski definition) is 0. The maximum absolute atomic E-state index is 13.5. The van der Waals surface area contributed by atoms with E-state index in [-0.39, 0.29) is 18.1 Å². The zero-order chi connectivity index (χ0) is 29.4. The lowest BCUT2D eigenvalue weighted by molar-refractivity contribution is -0.285. The van der Waals surface area contributed by atoms with Gasteiger partial charge >= 0.3 is 0 Å². The second kappa shape index (κ2) is 14.6. The van der Waals surface area contributed by atoms with E-state index in [4.69, 9.17) is 23.1 Å². The van der Waals surface area contributed by atoms with Crippen molar-refractivity contribution in [3.05, 3.63) is 132 Å². The molecule has 0 amide bonds. The normalized spacial score (nSPS) is 22.5.